The molecule has 0 spiro atoms. The summed E-state index contributed by atoms with van der Waals surface area (Å²) < 4.78 is 43.0. The summed E-state index contributed by atoms with van der Waals surface area (Å²) >= 11 is 0. The molecule has 4 aromatic rings. The molecule has 0 atom stereocenters. The molecule has 0 saturated carbocycles. The summed E-state index contributed by atoms with van der Waals surface area (Å²) in [6, 6.07) is 10.9. The molecule has 0 radical (unpaired) electrons. The van der Waals surface area contributed by atoms with Crippen LogP contribution in [-0.4, -0.2) is 47.1 Å². The molecule has 172 valence electrons. The van der Waals surface area contributed by atoms with Gasteiger partial charge in [0.15, 0.2) is 11.6 Å². The number of aromatic amines is 1. The van der Waals surface area contributed by atoms with Crippen molar-refractivity contribution in [3.63, 3.8) is 0 Å². The van der Waals surface area contributed by atoms with Crippen molar-refractivity contribution in [2.24, 2.45) is 0 Å². The van der Waals surface area contributed by atoms with Crippen molar-refractivity contribution in [1.82, 2.24) is 19.3 Å². The van der Waals surface area contributed by atoms with Crippen LogP contribution in [0.4, 0.5) is 10.1 Å². The second-order valence-corrected chi connectivity index (χ2v) is 9.16. The Labute approximate surface area is 195 Å². The number of halogens is 1. The summed E-state index contributed by atoms with van der Waals surface area (Å²) in [7, 11) is -2.61. The maximum Gasteiger partial charge on any atom is 0.301 e. The molecule has 9 nitrogen and oxygen atoms in total. The first-order valence-corrected chi connectivity index (χ1v) is 11.6. The third-order valence-corrected chi connectivity index (χ3v) is 6.88. The zero-order chi connectivity index (χ0) is 24.5. The van der Waals surface area contributed by atoms with Gasteiger partial charge in [0.25, 0.3) is 0 Å². The number of hydrogen-bond donors (Lipinski definition) is 2. The smallest absolute Gasteiger partial charge is 0.301 e. The quantitative estimate of drug-likeness (QED) is 0.391. The highest BCUT2D eigenvalue weighted by molar-refractivity contribution is 7.90. The fourth-order valence-corrected chi connectivity index (χ4v) is 4.23. The molecule has 11 heteroatoms. The van der Waals surface area contributed by atoms with Gasteiger partial charge in [-0.05, 0) is 30.3 Å². The first-order chi connectivity index (χ1) is 16.2. The number of carbonyl (C=O) groups is 1. The number of hydrogen-bond acceptors (Lipinski definition) is 6. The number of nitrogens with one attached hydrogen (secondary N) is 2. The third-order valence-electron chi connectivity index (χ3n) is 5.33. The van der Waals surface area contributed by atoms with Gasteiger partial charge >= 0.3 is 10.2 Å². The summed E-state index contributed by atoms with van der Waals surface area (Å²) in [4.78, 5) is 24.5. The second-order valence-electron chi connectivity index (χ2n) is 7.38. The van der Waals surface area contributed by atoms with Crippen molar-refractivity contribution in [1.29, 1.82) is 5.26 Å². The lowest BCUT2D eigenvalue weighted by molar-refractivity contribution is 0.103. The molecular formula is C23H19FN6O3S. The van der Waals surface area contributed by atoms with Crippen molar-refractivity contribution in [2.75, 3.05) is 18.3 Å². The maximum atomic E-state index is 15.2. The summed E-state index contributed by atoms with van der Waals surface area (Å²) in [5, 5.41) is 9.39. The minimum atomic E-state index is -3.97. The molecule has 0 unspecified atom stereocenters. The monoisotopic (exact) mass is 478 g/mol. The van der Waals surface area contributed by atoms with E-state index < -0.39 is 21.8 Å². The lowest BCUT2D eigenvalue weighted by Crippen LogP contribution is -2.32. The van der Waals surface area contributed by atoms with Crippen LogP contribution in [0.25, 0.3) is 22.2 Å². The first-order valence-electron chi connectivity index (χ1n) is 10.2. The van der Waals surface area contributed by atoms with E-state index in [-0.39, 0.29) is 29.1 Å². The number of nitrogens with zero attached hydrogens (tertiary/aromatic N) is 4. The van der Waals surface area contributed by atoms with Crippen LogP contribution in [0.2, 0.25) is 0 Å². The number of H-pyrrole nitrogens is 1. The summed E-state index contributed by atoms with van der Waals surface area (Å²) in [5.41, 5.74) is 1.61. The van der Waals surface area contributed by atoms with Gasteiger partial charge in [-0.3, -0.25) is 9.52 Å². The molecule has 0 amide bonds. The van der Waals surface area contributed by atoms with E-state index in [1.165, 1.54) is 37.6 Å². The van der Waals surface area contributed by atoms with Crippen molar-refractivity contribution < 1.29 is 17.6 Å². The molecule has 0 saturated heterocycles. The van der Waals surface area contributed by atoms with Crippen LogP contribution in [0.3, 0.4) is 0 Å². The first kappa shape index (κ1) is 23.0. The molecule has 0 bridgehead atoms. The highest BCUT2D eigenvalue weighted by atomic mass is 32.2. The third kappa shape index (κ3) is 4.24. The van der Waals surface area contributed by atoms with Crippen molar-refractivity contribution in [3.8, 4) is 17.2 Å². The van der Waals surface area contributed by atoms with Crippen molar-refractivity contribution >= 4 is 32.7 Å². The van der Waals surface area contributed by atoms with Crippen molar-refractivity contribution in [3.05, 3.63) is 77.6 Å². The summed E-state index contributed by atoms with van der Waals surface area (Å²) in [5.74, 6) is -1.61. The molecule has 3 heterocycles. The average Bonchev–Trinajstić information content (AvgIpc) is 3.27. The number of aromatic nitrogens is 3. The molecule has 0 aliphatic carbocycles. The molecule has 34 heavy (non-hydrogen) atoms. The molecule has 0 aliphatic rings. The zero-order valence-electron chi connectivity index (χ0n) is 18.2. The van der Waals surface area contributed by atoms with Crippen LogP contribution >= 0.6 is 0 Å². The lowest BCUT2D eigenvalue weighted by Gasteiger charge is -2.17. The predicted octanol–water partition coefficient (Wildman–Crippen LogP) is 3.48. The van der Waals surface area contributed by atoms with Gasteiger partial charge in [-0.1, -0.05) is 13.0 Å². The number of nitriles is 1. The van der Waals surface area contributed by atoms with E-state index in [1.807, 2.05) is 6.07 Å². The number of carbonyl (C=O) groups excluding carboxylic acids is 1. The van der Waals surface area contributed by atoms with Gasteiger partial charge in [0.05, 0.1) is 11.3 Å². The Morgan fingerprint density at radius 1 is 1.18 bits per heavy atom. The van der Waals surface area contributed by atoms with Gasteiger partial charge in [0, 0.05) is 54.3 Å². The van der Waals surface area contributed by atoms with Crippen LogP contribution < -0.4 is 4.72 Å². The van der Waals surface area contributed by atoms with Gasteiger partial charge in [-0.2, -0.15) is 18.0 Å². The molecule has 4 rings (SSSR count). The summed E-state index contributed by atoms with van der Waals surface area (Å²) in [6.45, 7) is 1.83. The van der Waals surface area contributed by atoms with E-state index >= 15 is 4.39 Å². The fraction of sp³-hybridized carbons (Fsp3) is 0.130. The lowest BCUT2D eigenvalue weighted by atomic mass is 10.0. The minimum Gasteiger partial charge on any atom is -0.345 e. The van der Waals surface area contributed by atoms with Crippen LogP contribution in [0, 0.1) is 17.1 Å². The van der Waals surface area contributed by atoms with Crippen LogP contribution in [0.1, 0.15) is 28.5 Å². The van der Waals surface area contributed by atoms with Crippen LogP contribution in [0.5, 0.6) is 0 Å². The van der Waals surface area contributed by atoms with Gasteiger partial charge in [0.2, 0.25) is 0 Å². The molecule has 3 aromatic heterocycles. The Bertz CT molecular complexity index is 1540. The molecular weight excluding hydrogens is 459 g/mol. The van der Waals surface area contributed by atoms with E-state index in [1.54, 1.807) is 31.3 Å². The predicted molar refractivity (Wildman–Crippen MR) is 125 cm³/mol. The van der Waals surface area contributed by atoms with E-state index in [4.69, 9.17) is 5.26 Å². The van der Waals surface area contributed by atoms with E-state index in [9.17, 15) is 13.2 Å². The standard InChI is InChI=1S/C23H19FN6O3S/c1-3-30(2)34(32,33)29-20-6-4-5-17(21(20)24)22(31)19-13-28-23-18(19)9-15(12-27-23)14-7-8-16(10-25)26-11-14/h4-9,11-13,29H,3H2,1-2H3,(H,27,28). The van der Waals surface area contributed by atoms with E-state index in [0.29, 0.717) is 22.2 Å². The highest BCUT2D eigenvalue weighted by Crippen LogP contribution is 2.28. The topological polar surface area (TPSA) is 132 Å². The van der Waals surface area contributed by atoms with Crippen LogP contribution in [0.15, 0.2) is 55.0 Å². The van der Waals surface area contributed by atoms with E-state index in [2.05, 4.69) is 19.7 Å². The normalized spacial score (nSPS) is 11.5. The van der Waals surface area contributed by atoms with E-state index in [0.717, 1.165) is 4.31 Å². The van der Waals surface area contributed by atoms with Gasteiger partial charge in [-0.15, -0.1) is 0 Å². The Morgan fingerprint density at radius 2 is 1.94 bits per heavy atom. The van der Waals surface area contributed by atoms with Gasteiger partial charge in [-0.25, -0.2) is 14.4 Å². The maximum absolute atomic E-state index is 15.2. The van der Waals surface area contributed by atoms with Gasteiger partial charge < -0.3 is 4.98 Å². The van der Waals surface area contributed by atoms with Crippen LogP contribution in [-0.2, 0) is 10.2 Å². The highest BCUT2D eigenvalue weighted by Gasteiger charge is 2.23. The van der Waals surface area contributed by atoms with Crippen molar-refractivity contribution in [2.45, 2.75) is 6.92 Å². The fourth-order valence-electron chi connectivity index (χ4n) is 3.30. The molecule has 0 fully saturated rings. The minimum absolute atomic E-state index is 0.176. The number of ketones is 1. The number of benzene rings is 1. The molecule has 0 aliphatic heterocycles. The number of rotatable bonds is 7. The number of pyridine rings is 2. The largest absolute Gasteiger partial charge is 0.345 e. The van der Waals surface area contributed by atoms with Gasteiger partial charge in [0.1, 0.15) is 17.4 Å². The Balaban J connectivity index is 1.73. The SMILES string of the molecule is CCN(C)S(=O)(=O)Nc1cccc(C(=O)c2c[nH]c3ncc(-c4ccc(C#N)nc4)cc23)c1F. The number of fused-ring (bicyclic) bond motifs is 1. The Hall–Kier alpha value is -4.14. The Morgan fingerprint density at radius 3 is 2.62 bits per heavy atom. The summed E-state index contributed by atoms with van der Waals surface area (Å²) in [6.07, 6.45) is 4.55. The Kier molecular flexibility index (Phi) is 6.10. The molecule has 1 aromatic carbocycles. The zero-order valence-corrected chi connectivity index (χ0v) is 19.0. The average molecular weight is 479 g/mol. The molecule has 2 N–H and O–H groups in total. The number of anilines is 1. The second kappa shape index (κ2) is 9.01.